The van der Waals surface area contributed by atoms with Crippen LogP contribution >= 0.6 is 0 Å². The summed E-state index contributed by atoms with van der Waals surface area (Å²) < 4.78 is 0. The Morgan fingerprint density at radius 2 is 1.65 bits per heavy atom. The first-order chi connectivity index (χ1) is 9.74. The molecular weight excluding hydrogens is 254 g/mol. The van der Waals surface area contributed by atoms with Gasteiger partial charge in [0.2, 0.25) is 11.8 Å². The molecule has 1 fully saturated rings. The van der Waals surface area contributed by atoms with Crippen LogP contribution in [0.25, 0.3) is 0 Å². The Morgan fingerprint density at radius 1 is 0.950 bits per heavy atom. The summed E-state index contributed by atoms with van der Waals surface area (Å²) in [4.78, 5) is 25.4. The fraction of sp³-hybridized carbons (Fsp3) is 0.867. The van der Waals surface area contributed by atoms with Crippen molar-refractivity contribution in [2.45, 2.75) is 57.8 Å². The first-order valence-electron chi connectivity index (χ1n) is 7.98. The average molecular weight is 283 g/mol. The molecule has 1 aliphatic heterocycles. The highest BCUT2D eigenvalue weighted by molar-refractivity contribution is 5.79. The van der Waals surface area contributed by atoms with E-state index in [1.165, 1.54) is 6.42 Å². The Hall–Kier alpha value is -1.10. The zero-order valence-corrected chi connectivity index (χ0v) is 12.5. The molecule has 20 heavy (non-hydrogen) atoms. The quantitative estimate of drug-likeness (QED) is 0.628. The van der Waals surface area contributed by atoms with Crippen LogP contribution in [-0.2, 0) is 9.59 Å². The summed E-state index contributed by atoms with van der Waals surface area (Å²) in [6, 6.07) is 0. The molecule has 1 rings (SSSR count). The summed E-state index contributed by atoms with van der Waals surface area (Å²) in [5.74, 6) is 0.233. The molecule has 0 aromatic carbocycles. The molecule has 0 spiro atoms. The third kappa shape index (κ3) is 7.48. The Morgan fingerprint density at radius 3 is 2.35 bits per heavy atom. The lowest BCUT2D eigenvalue weighted by molar-refractivity contribution is -0.132. The fourth-order valence-electron chi connectivity index (χ4n) is 2.48. The molecule has 0 aliphatic carbocycles. The van der Waals surface area contributed by atoms with Crippen molar-refractivity contribution in [3.63, 3.8) is 0 Å². The molecule has 0 unspecified atom stereocenters. The van der Waals surface area contributed by atoms with E-state index in [-0.39, 0.29) is 11.8 Å². The van der Waals surface area contributed by atoms with Gasteiger partial charge in [-0.3, -0.25) is 9.59 Å². The summed E-state index contributed by atoms with van der Waals surface area (Å²) in [7, 11) is 0. The number of nitrogens with zero attached hydrogens (tertiary/aromatic N) is 1. The van der Waals surface area contributed by atoms with Crippen LogP contribution in [0.1, 0.15) is 57.8 Å². The lowest BCUT2D eigenvalue weighted by Crippen LogP contribution is -2.37. The minimum Gasteiger partial charge on any atom is -0.356 e. The van der Waals surface area contributed by atoms with Crippen LogP contribution < -0.4 is 11.1 Å². The van der Waals surface area contributed by atoms with Gasteiger partial charge in [-0.25, -0.2) is 0 Å². The SMILES string of the molecule is NCCCCCCC(=O)NCCC(=O)N1CCCCC1. The van der Waals surface area contributed by atoms with Crippen molar-refractivity contribution in [1.29, 1.82) is 0 Å². The van der Waals surface area contributed by atoms with E-state index in [1.807, 2.05) is 4.90 Å². The molecule has 1 saturated heterocycles. The molecule has 5 heteroatoms. The first-order valence-corrected chi connectivity index (χ1v) is 7.98. The lowest BCUT2D eigenvalue weighted by atomic mass is 10.1. The van der Waals surface area contributed by atoms with E-state index in [1.54, 1.807) is 0 Å². The van der Waals surface area contributed by atoms with Gasteiger partial charge in [0.1, 0.15) is 0 Å². The van der Waals surface area contributed by atoms with E-state index in [0.29, 0.717) is 19.4 Å². The van der Waals surface area contributed by atoms with Gasteiger partial charge in [-0.05, 0) is 38.6 Å². The second-order valence-electron chi connectivity index (χ2n) is 5.49. The van der Waals surface area contributed by atoms with Crippen molar-refractivity contribution in [3.8, 4) is 0 Å². The molecule has 0 aromatic heterocycles. The second-order valence-corrected chi connectivity index (χ2v) is 5.49. The standard InChI is InChI=1S/C15H29N3O2/c16-10-5-2-1-4-8-14(19)17-11-9-15(20)18-12-6-3-7-13-18/h1-13,16H2,(H,17,19). The van der Waals surface area contributed by atoms with Crippen LogP contribution in [0.5, 0.6) is 0 Å². The predicted octanol–water partition coefficient (Wildman–Crippen LogP) is 1.41. The van der Waals surface area contributed by atoms with Crippen LogP contribution in [0.3, 0.4) is 0 Å². The van der Waals surface area contributed by atoms with Crippen molar-refractivity contribution >= 4 is 11.8 Å². The van der Waals surface area contributed by atoms with Gasteiger partial charge in [0.25, 0.3) is 0 Å². The molecular formula is C15H29N3O2. The van der Waals surface area contributed by atoms with Gasteiger partial charge in [-0.15, -0.1) is 0 Å². The van der Waals surface area contributed by atoms with Crippen LogP contribution in [-0.4, -0.2) is 42.9 Å². The molecule has 0 saturated carbocycles. The largest absolute Gasteiger partial charge is 0.356 e. The number of carbonyl (C=O) groups excluding carboxylic acids is 2. The number of carbonyl (C=O) groups is 2. The van der Waals surface area contributed by atoms with Crippen molar-refractivity contribution in [1.82, 2.24) is 10.2 Å². The summed E-state index contributed by atoms with van der Waals surface area (Å²) in [6.07, 6.45) is 8.53. The van der Waals surface area contributed by atoms with Crippen LogP contribution in [0, 0.1) is 0 Å². The number of hydrogen-bond acceptors (Lipinski definition) is 3. The molecule has 3 N–H and O–H groups in total. The summed E-state index contributed by atoms with van der Waals surface area (Å²) in [6.45, 7) is 2.96. The van der Waals surface area contributed by atoms with Crippen LogP contribution in [0.2, 0.25) is 0 Å². The molecule has 1 aliphatic rings. The Bertz CT molecular complexity index is 289. The van der Waals surface area contributed by atoms with Crippen molar-refractivity contribution in [2.24, 2.45) is 5.73 Å². The van der Waals surface area contributed by atoms with Gasteiger partial charge in [0, 0.05) is 32.5 Å². The lowest BCUT2D eigenvalue weighted by Gasteiger charge is -2.26. The number of rotatable bonds is 9. The maximum Gasteiger partial charge on any atom is 0.224 e. The second kappa shape index (κ2) is 10.7. The molecule has 2 amide bonds. The van der Waals surface area contributed by atoms with Gasteiger partial charge in [-0.2, -0.15) is 0 Å². The van der Waals surface area contributed by atoms with E-state index >= 15 is 0 Å². The van der Waals surface area contributed by atoms with Crippen LogP contribution in [0.15, 0.2) is 0 Å². The number of unbranched alkanes of at least 4 members (excludes halogenated alkanes) is 3. The average Bonchev–Trinajstić information content (AvgIpc) is 2.48. The Kier molecular flexibility index (Phi) is 9.04. The highest BCUT2D eigenvalue weighted by Crippen LogP contribution is 2.09. The molecule has 5 nitrogen and oxygen atoms in total. The summed E-state index contributed by atoms with van der Waals surface area (Å²) in [5, 5.41) is 2.83. The minimum atomic E-state index is 0.0594. The summed E-state index contributed by atoms with van der Waals surface area (Å²) >= 11 is 0. The highest BCUT2D eigenvalue weighted by atomic mass is 16.2. The third-order valence-corrected chi connectivity index (χ3v) is 3.73. The van der Waals surface area contributed by atoms with Crippen LogP contribution in [0.4, 0.5) is 0 Å². The molecule has 116 valence electrons. The third-order valence-electron chi connectivity index (χ3n) is 3.73. The van der Waals surface area contributed by atoms with Gasteiger partial charge >= 0.3 is 0 Å². The number of amides is 2. The van der Waals surface area contributed by atoms with Crippen molar-refractivity contribution in [3.05, 3.63) is 0 Å². The van der Waals surface area contributed by atoms with Gasteiger partial charge < -0.3 is 16.0 Å². The molecule has 0 radical (unpaired) electrons. The maximum absolute atomic E-state index is 11.9. The van der Waals surface area contributed by atoms with Crippen molar-refractivity contribution in [2.75, 3.05) is 26.2 Å². The van der Waals surface area contributed by atoms with Gasteiger partial charge in [0.15, 0.2) is 0 Å². The van der Waals surface area contributed by atoms with E-state index in [0.717, 1.165) is 58.2 Å². The Labute approximate surface area is 122 Å². The zero-order valence-electron chi connectivity index (χ0n) is 12.5. The first kappa shape index (κ1) is 17.0. The van der Waals surface area contributed by atoms with E-state index in [4.69, 9.17) is 5.73 Å². The Balaban J connectivity index is 1.99. The highest BCUT2D eigenvalue weighted by Gasteiger charge is 2.15. The van der Waals surface area contributed by atoms with Gasteiger partial charge in [-0.1, -0.05) is 12.8 Å². The molecule has 0 aromatic rings. The van der Waals surface area contributed by atoms with Crippen molar-refractivity contribution < 1.29 is 9.59 Å². The number of likely N-dealkylation sites (tertiary alicyclic amines) is 1. The number of piperidine rings is 1. The molecule has 0 bridgehead atoms. The normalized spacial score (nSPS) is 15.2. The molecule has 1 heterocycles. The topological polar surface area (TPSA) is 75.4 Å². The number of hydrogen-bond donors (Lipinski definition) is 2. The number of nitrogens with two attached hydrogens (primary N) is 1. The molecule has 0 atom stereocenters. The summed E-state index contributed by atoms with van der Waals surface area (Å²) in [5.41, 5.74) is 5.41. The maximum atomic E-state index is 11.9. The minimum absolute atomic E-state index is 0.0594. The monoisotopic (exact) mass is 283 g/mol. The van der Waals surface area contributed by atoms with Gasteiger partial charge in [0.05, 0.1) is 0 Å². The van der Waals surface area contributed by atoms with E-state index in [2.05, 4.69) is 5.32 Å². The predicted molar refractivity (Wildman–Crippen MR) is 80.2 cm³/mol. The van der Waals surface area contributed by atoms with E-state index < -0.39 is 0 Å². The number of nitrogens with one attached hydrogen (secondary N) is 1. The zero-order chi connectivity index (χ0) is 14.6. The van der Waals surface area contributed by atoms with E-state index in [9.17, 15) is 9.59 Å². The fourth-order valence-corrected chi connectivity index (χ4v) is 2.48. The smallest absolute Gasteiger partial charge is 0.224 e.